The smallest absolute Gasteiger partial charge is 0.00143 e. The van der Waals surface area contributed by atoms with Crippen molar-refractivity contribution in [1.82, 2.24) is 0 Å². The number of rotatable bonds is 13. The Morgan fingerprint density at radius 3 is 2.16 bits per heavy atom. The Morgan fingerprint density at radius 2 is 1.68 bits per heavy atom. The Balaban J connectivity index is 3.53. The largest absolute Gasteiger partial charge is 0.330 e. The molecule has 0 spiro atoms. The maximum absolute atomic E-state index is 5.67. The molecule has 0 aliphatic rings. The highest BCUT2D eigenvalue weighted by Crippen LogP contribution is 2.18. The van der Waals surface area contributed by atoms with Gasteiger partial charge in [-0.15, -0.1) is 6.58 Å². The van der Waals surface area contributed by atoms with Gasteiger partial charge in [-0.3, -0.25) is 0 Å². The second kappa shape index (κ2) is 13.9. The van der Waals surface area contributed by atoms with Crippen LogP contribution in [0, 0.1) is 5.92 Å². The lowest BCUT2D eigenvalue weighted by Crippen LogP contribution is -2.11. The van der Waals surface area contributed by atoms with Gasteiger partial charge in [0.25, 0.3) is 0 Å². The summed E-state index contributed by atoms with van der Waals surface area (Å²) in [5.41, 5.74) is 7.33. The Morgan fingerprint density at radius 1 is 1.05 bits per heavy atom. The van der Waals surface area contributed by atoms with Crippen LogP contribution in [0.2, 0.25) is 0 Å². The minimum Gasteiger partial charge on any atom is -0.330 e. The molecule has 0 fully saturated rings. The maximum atomic E-state index is 5.67. The standard InChI is InChI=1S/C18H35N/c1-4-7-8-10-13-17(5-2)14-11-9-12-15-18(6-3)16-19/h5-6,18H,3-4,7-16,19H2,1-2H3/b17-5-. The highest BCUT2D eigenvalue weighted by molar-refractivity contribution is 4.99. The minimum atomic E-state index is 0.523. The van der Waals surface area contributed by atoms with Gasteiger partial charge in [0.05, 0.1) is 0 Å². The van der Waals surface area contributed by atoms with E-state index in [1.165, 1.54) is 64.2 Å². The summed E-state index contributed by atoms with van der Waals surface area (Å²) >= 11 is 0. The Kier molecular flexibility index (Phi) is 13.5. The van der Waals surface area contributed by atoms with Gasteiger partial charge in [-0.25, -0.2) is 0 Å². The molecule has 0 heterocycles. The van der Waals surface area contributed by atoms with E-state index in [-0.39, 0.29) is 0 Å². The summed E-state index contributed by atoms with van der Waals surface area (Å²) in [4.78, 5) is 0. The Labute approximate surface area is 121 Å². The highest BCUT2D eigenvalue weighted by Gasteiger charge is 2.01. The fourth-order valence-corrected chi connectivity index (χ4v) is 2.46. The van der Waals surface area contributed by atoms with Crippen LogP contribution in [0.1, 0.15) is 78.1 Å². The van der Waals surface area contributed by atoms with Crippen molar-refractivity contribution >= 4 is 0 Å². The molecule has 19 heavy (non-hydrogen) atoms. The summed E-state index contributed by atoms with van der Waals surface area (Å²) in [7, 11) is 0. The van der Waals surface area contributed by atoms with Crippen LogP contribution in [0.5, 0.6) is 0 Å². The van der Waals surface area contributed by atoms with Crippen molar-refractivity contribution in [3.05, 3.63) is 24.3 Å². The zero-order valence-corrected chi connectivity index (χ0v) is 13.3. The molecule has 0 rings (SSSR count). The minimum absolute atomic E-state index is 0.523. The first kappa shape index (κ1) is 18.4. The summed E-state index contributed by atoms with van der Waals surface area (Å²) in [6.07, 6.45) is 17.6. The van der Waals surface area contributed by atoms with Crippen LogP contribution >= 0.6 is 0 Å². The molecule has 0 aliphatic carbocycles. The predicted octanol–water partition coefficient (Wildman–Crippen LogP) is 5.61. The molecule has 1 heteroatoms. The number of hydrogen-bond donors (Lipinski definition) is 1. The van der Waals surface area contributed by atoms with Gasteiger partial charge >= 0.3 is 0 Å². The molecule has 0 saturated heterocycles. The zero-order valence-electron chi connectivity index (χ0n) is 13.3. The van der Waals surface area contributed by atoms with E-state index in [1.807, 2.05) is 6.08 Å². The molecule has 0 saturated carbocycles. The molecule has 0 aromatic carbocycles. The molecule has 1 unspecified atom stereocenters. The van der Waals surface area contributed by atoms with E-state index in [1.54, 1.807) is 5.57 Å². The average Bonchev–Trinajstić information content (AvgIpc) is 2.45. The van der Waals surface area contributed by atoms with Gasteiger partial charge in [-0.1, -0.05) is 56.8 Å². The fourth-order valence-electron chi connectivity index (χ4n) is 2.46. The second-order valence-corrected chi connectivity index (χ2v) is 5.59. The molecule has 0 aromatic heterocycles. The zero-order chi connectivity index (χ0) is 14.3. The molecule has 1 atom stereocenters. The van der Waals surface area contributed by atoms with Crippen LogP contribution < -0.4 is 5.73 Å². The van der Waals surface area contributed by atoms with Gasteiger partial charge in [0.1, 0.15) is 0 Å². The van der Waals surface area contributed by atoms with Crippen molar-refractivity contribution in [1.29, 1.82) is 0 Å². The van der Waals surface area contributed by atoms with E-state index in [9.17, 15) is 0 Å². The molecular weight excluding hydrogens is 230 g/mol. The maximum Gasteiger partial charge on any atom is -0.00143 e. The molecule has 0 aromatic rings. The van der Waals surface area contributed by atoms with Gasteiger partial charge in [-0.2, -0.15) is 0 Å². The topological polar surface area (TPSA) is 26.0 Å². The van der Waals surface area contributed by atoms with Crippen LogP contribution in [0.4, 0.5) is 0 Å². The normalized spacial score (nSPS) is 13.5. The van der Waals surface area contributed by atoms with Crippen molar-refractivity contribution in [2.24, 2.45) is 11.7 Å². The van der Waals surface area contributed by atoms with Crippen molar-refractivity contribution in [2.75, 3.05) is 6.54 Å². The van der Waals surface area contributed by atoms with Crippen molar-refractivity contribution < 1.29 is 0 Å². The molecule has 0 amide bonds. The Hall–Kier alpha value is -0.560. The third kappa shape index (κ3) is 11.0. The number of nitrogens with two attached hydrogens (primary N) is 1. The van der Waals surface area contributed by atoms with Crippen LogP contribution in [-0.4, -0.2) is 6.54 Å². The SMILES string of the molecule is C=CC(CN)CCCCC/C(=C\C)CCCCCC. The summed E-state index contributed by atoms with van der Waals surface area (Å²) < 4.78 is 0. The lowest BCUT2D eigenvalue weighted by Gasteiger charge is -2.10. The van der Waals surface area contributed by atoms with Gasteiger partial charge in [-0.05, 0) is 51.5 Å². The van der Waals surface area contributed by atoms with Gasteiger partial charge in [0.15, 0.2) is 0 Å². The highest BCUT2D eigenvalue weighted by atomic mass is 14.5. The number of unbranched alkanes of at least 4 members (excludes halogenated alkanes) is 5. The van der Waals surface area contributed by atoms with E-state index in [2.05, 4.69) is 26.5 Å². The van der Waals surface area contributed by atoms with Gasteiger partial charge < -0.3 is 5.73 Å². The molecule has 0 aliphatic heterocycles. The van der Waals surface area contributed by atoms with Gasteiger partial charge in [0, 0.05) is 0 Å². The molecule has 0 bridgehead atoms. The first-order valence-electron chi connectivity index (χ1n) is 8.25. The van der Waals surface area contributed by atoms with Crippen LogP contribution in [-0.2, 0) is 0 Å². The summed E-state index contributed by atoms with van der Waals surface area (Å²) in [5.74, 6) is 0.523. The van der Waals surface area contributed by atoms with E-state index < -0.39 is 0 Å². The number of hydrogen-bond acceptors (Lipinski definition) is 1. The van der Waals surface area contributed by atoms with E-state index >= 15 is 0 Å². The lowest BCUT2D eigenvalue weighted by molar-refractivity contribution is 0.536. The van der Waals surface area contributed by atoms with E-state index in [0.29, 0.717) is 5.92 Å². The summed E-state index contributed by atoms with van der Waals surface area (Å²) in [6, 6.07) is 0. The average molecular weight is 265 g/mol. The summed E-state index contributed by atoms with van der Waals surface area (Å²) in [6.45, 7) is 9.05. The van der Waals surface area contributed by atoms with Crippen LogP contribution in [0.15, 0.2) is 24.3 Å². The monoisotopic (exact) mass is 265 g/mol. The van der Waals surface area contributed by atoms with Crippen LogP contribution in [0.3, 0.4) is 0 Å². The van der Waals surface area contributed by atoms with Crippen LogP contribution in [0.25, 0.3) is 0 Å². The quantitative estimate of drug-likeness (QED) is 0.340. The number of allylic oxidation sites excluding steroid dienone is 2. The second-order valence-electron chi connectivity index (χ2n) is 5.59. The first-order chi connectivity index (χ1) is 9.28. The van der Waals surface area contributed by atoms with E-state index in [0.717, 1.165) is 6.54 Å². The van der Waals surface area contributed by atoms with E-state index in [4.69, 9.17) is 5.73 Å². The van der Waals surface area contributed by atoms with Crippen molar-refractivity contribution in [3.63, 3.8) is 0 Å². The van der Waals surface area contributed by atoms with Crippen molar-refractivity contribution in [3.8, 4) is 0 Å². The molecule has 1 nitrogen and oxygen atoms in total. The fraction of sp³-hybridized carbons (Fsp3) is 0.778. The third-order valence-electron chi connectivity index (χ3n) is 3.97. The summed E-state index contributed by atoms with van der Waals surface area (Å²) in [5, 5.41) is 0. The van der Waals surface area contributed by atoms with Crippen molar-refractivity contribution in [2.45, 2.75) is 78.1 Å². The first-order valence-corrected chi connectivity index (χ1v) is 8.25. The Bertz CT molecular complexity index is 230. The third-order valence-corrected chi connectivity index (χ3v) is 3.97. The lowest BCUT2D eigenvalue weighted by atomic mass is 9.98. The molecular formula is C18H35N. The van der Waals surface area contributed by atoms with Gasteiger partial charge in [0.2, 0.25) is 0 Å². The predicted molar refractivity (Wildman–Crippen MR) is 88.3 cm³/mol. The molecule has 0 radical (unpaired) electrons. The molecule has 112 valence electrons. The molecule has 2 N–H and O–H groups in total.